The number of aliphatic carboxylic acids is 2. The first-order valence-corrected chi connectivity index (χ1v) is 11.3. The fourth-order valence-corrected chi connectivity index (χ4v) is 3.71. The Hall–Kier alpha value is -4.24. The molecule has 2 atom stereocenters. The van der Waals surface area contributed by atoms with Crippen LogP contribution in [0.2, 0.25) is 0 Å². The lowest BCUT2D eigenvalue weighted by molar-refractivity contribution is -0.141. The van der Waals surface area contributed by atoms with E-state index in [4.69, 9.17) is 15.2 Å². The minimum atomic E-state index is -1.06. The fraction of sp³-hybridized carbons (Fsp3) is 0.231. The molecule has 2 aliphatic heterocycles. The van der Waals surface area contributed by atoms with Crippen molar-refractivity contribution in [2.24, 2.45) is 0 Å². The maximum atomic E-state index is 10.2. The van der Waals surface area contributed by atoms with Crippen molar-refractivity contribution in [3.05, 3.63) is 71.3 Å². The molecular weight excluding hydrogens is 446 g/mol. The lowest BCUT2D eigenvalue weighted by Crippen LogP contribution is -2.43. The molecule has 180 valence electrons. The predicted molar refractivity (Wildman–Crippen MR) is 135 cm³/mol. The largest absolute Gasteiger partial charge is 0.480 e. The SMILES string of the molecule is C1=Cc2cc3ccc(cc4nc(cc5ccc(cc1n2)[nH]5)CC4)[nH]3.CC(NC(C)C(=O)O)C(=O)O. The van der Waals surface area contributed by atoms with Crippen LogP contribution in [0.5, 0.6) is 0 Å². The smallest absolute Gasteiger partial charge is 0.320 e. The molecule has 0 amide bonds. The van der Waals surface area contributed by atoms with Crippen LogP contribution >= 0.6 is 0 Å². The summed E-state index contributed by atoms with van der Waals surface area (Å²) in [5.41, 5.74) is 8.40. The summed E-state index contributed by atoms with van der Waals surface area (Å²) >= 11 is 0. The first-order chi connectivity index (χ1) is 16.7. The third-order valence-corrected chi connectivity index (χ3v) is 5.56. The molecule has 9 heteroatoms. The summed E-state index contributed by atoms with van der Waals surface area (Å²) in [4.78, 5) is 36.6. The highest BCUT2D eigenvalue weighted by atomic mass is 16.4. The first kappa shape index (κ1) is 23.9. The predicted octanol–water partition coefficient (Wildman–Crippen LogP) is 3.79. The van der Waals surface area contributed by atoms with Crippen molar-refractivity contribution in [1.82, 2.24) is 25.3 Å². The number of aromatic amines is 2. The molecule has 5 rings (SSSR count). The molecule has 3 aromatic rings. The minimum absolute atomic E-state index is 0.832. The average Bonchev–Trinajstić information content (AvgIpc) is 3.60. The van der Waals surface area contributed by atoms with Crippen molar-refractivity contribution in [3.8, 4) is 0 Å². The van der Waals surface area contributed by atoms with Crippen LogP contribution in [0.4, 0.5) is 0 Å². The van der Waals surface area contributed by atoms with E-state index in [2.05, 4.69) is 68.8 Å². The minimum Gasteiger partial charge on any atom is -0.480 e. The zero-order chi connectivity index (χ0) is 24.9. The highest BCUT2D eigenvalue weighted by molar-refractivity contribution is 5.77. The Morgan fingerprint density at radius 3 is 1.54 bits per heavy atom. The number of aromatic nitrogens is 4. The van der Waals surface area contributed by atoms with Gasteiger partial charge in [0.25, 0.3) is 0 Å². The summed E-state index contributed by atoms with van der Waals surface area (Å²) in [5, 5.41) is 19.1. The van der Waals surface area contributed by atoms with Gasteiger partial charge in [0, 0.05) is 33.5 Å². The van der Waals surface area contributed by atoms with E-state index >= 15 is 0 Å². The standard InChI is InChI=1S/C20H16N4.C6H11NO4/c1-2-14-10-16-5-6-18(23-16)12-20-8-7-19(24-20)11-17-4-3-15(22-17)9-13(1)21-14;1-3(5(8)9)7-4(2)6(10)11/h1-6,9-12,22-23H,7-8H2;3-4,7H,1-2H3,(H,8,9)(H,10,11). The van der Waals surface area contributed by atoms with Gasteiger partial charge in [0.1, 0.15) is 12.1 Å². The highest BCUT2D eigenvalue weighted by Gasteiger charge is 2.17. The van der Waals surface area contributed by atoms with Gasteiger partial charge in [-0.3, -0.25) is 19.9 Å². The van der Waals surface area contributed by atoms with E-state index in [1.54, 1.807) is 0 Å². The quantitative estimate of drug-likeness (QED) is 0.303. The summed E-state index contributed by atoms with van der Waals surface area (Å²) in [6.07, 6.45) is 6.03. The monoisotopic (exact) mass is 473 g/mol. The van der Waals surface area contributed by atoms with E-state index in [0.717, 1.165) is 57.7 Å². The van der Waals surface area contributed by atoms with Crippen LogP contribution < -0.4 is 5.32 Å². The summed E-state index contributed by atoms with van der Waals surface area (Å²) in [5.74, 6) is -2.11. The molecule has 0 fully saturated rings. The molecule has 5 N–H and O–H groups in total. The van der Waals surface area contributed by atoms with Gasteiger partial charge >= 0.3 is 11.9 Å². The Bertz CT molecular complexity index is 1330. The van der Waals surface area contributed by atoms with Crippen LogP contribution in [0.15, 0.2) is 48.5 Å². The molecule has 5 heterocycles. The van der Waals surface area contributed by atoms with E-state index in [1.165, 1.54) is 13.8 Å². The molecule has 8 bridgehead atoms. The van der Waals surface area contributed by atoms with Gasteiger partial charge in [0.05, 0.1) is 11.4 Å². The molecule has 0 spiro atoms. The van der Waals surface area contributed by atoms with Crippen molar-refractivity contribution < 1.29 is 19.8 Å². The van der Waals surface area contributed by atoms with E-state index in [1.807, 2.05) is 12.2 Å². The Morgan fingerprint density at radius 1 is 0.743 bits per heavy atom. The normalized spacial score (nSPS) is 14.0. The fourth-order valence-electron chi connectivity index (χ4n) is 3.71. The Morgan fingerprint density at radius 2 is 1.14 bits per heavy atom. The van der Waals surface area contributed by atoms with E-state index in [-0.39, 0.29) is 0 Å². The maximum absolute atomic E-state index is 10.2. The molecule has 35 heavy (non-hydrogen) atoms. The molecule has 0 aromatic carbocycles. The molecule has 0 saturated carbocycles. The number of carboxylic acids is 2. The topological polar surface area (TPSA) is 144 Å². The number of hydrogen-bond acceptors (Lipinski definition) is 5. The Kier molecular flexibility index (Phi) is 7.07. The van der Waals surface area contributed by atoms with Crippen molar-refractivity contribution in [3.63, 3.8) is 0 Å². The third-order valence-electron chi connectivity index (χ3n) is 5.56. The number of rotatable bonds is 4. The zero-order valence-electron chi connectivity index (χ0n) is 19.4. The van der Waals surface area contributed by atoms with Crippen LogP contribution in [0.25, 0.3) is 34.2 Å². The molecular formula is C26H27N5O4. The van der Waals surface area contributed by atoms with Crippen molar-refractivity contribution in [2.75, 3.05) is 0 Å². The van der Waals surface area contributed by atoms with Gasteiger partial charge in [0.15, 0.2) is 0 Å². The molecule has 3 aromatic heterocycles. The van der Waals surface area contributed by atoms with Crippen LogP contribution in [0.1, 0.15) is 36.6 Å². The lowest BCUT2D eigenvalue weighted by Gasteiger charge is -2.12. The second-order valence-electron chi connectivity index (χ2n) is 8.49. The number of carbonyl (C=O) groups is 2. The molecule has 0 aliphatic carbocycles. The van der Waals surface area contributed by atoms with Gasteiger partial charge < -0.3 is 20.2 Å². The second kappa shape index (κ2) is 10.4. The van der Waals surface area contributed by atoms with E-state index in [9.17, 15) is 9.59 Å². The summed E-state index contributed by atoms with van der Waals surface area (Å²) in [6.45, 7) is 2.78. The zero-order valence-corrected chi connectivity index (χ0v) is 19.4. The van der Waals surface area contributed by atoms with Gasteiger partial charge in [-0.2, -0.15) is 0 Å². The maximum Gasteiger partial charge on any atom is 0.320 e. The first-order valence-electron chi connectivity index (χ1n) is 11.3. The number of fused-ring (bicyclic) bond motifs is 8. The molecule has 0 saturated heterocycles. The van der Waals surface area contributed by atoms with Gasteiger partial charge in [-0.05, 0) is 87.4 Å². The number of hydrogen-bond donors (Lipinski definition) is 5. The van der Waals surface area contributed by atoms with Gasteiger partial charge in [-0.25, -0.2) is 4.98 Å². The number of nitrogens with one attached hydrogen (secondary N) is 3. The molecule has 9 nitrogen and oxygen atoms in total. The van der Waals surface area contributed by atoms with E-state index < -0.39 is 24.0 Å². The Labute approximate surface area is 201 Å². The van der Waals surface area contributed by atoms with E-state index in [0.29, 0.717) is 0 Å². The number of carboxylic acid groups (broad SMARTS) is 2. The summed E-state index contributed by atoms with van der Waals surface area (Å²) < 4.78 is 0. The van der Waals surface area contributed by atoms with Gasteiger partial charge in [-0.1, -0.05) is 0 Å². The Balaban J connectivity index is 0.000000225. The van der Waals surface area contributed by atoms with Crippen LogP contribution in [-0.4, -0.2) is 54.2 Å². The summed E-state index contributed by atoms with van der Waals surface area (Å²) in [7, 11) is 0. The lowest BCUT2D eigenvalue weighted by atomic mass is 10.2. The van der Waals surface area contributed by atoms with Gasteiger partial charge in [0.2, 0.25) is 0 Å². The number of nitrogens with zero attached hydrogens (tertiary/aromatic N) is 2. The molecule has 2 aliphatic rings. The van der Waals surface area contributed by atoms with Crippen molar-refractivity contribution in [2.45, 2.75) is 38.8 Å². The third kappa shape index (κ3) is 6.42. The molecule has 2 unspecified atom stereocenters. The highest BCUT2D eigenvalue weighted by Crippen LogP contribution is 2.16. The van der Waals surface area contributed by atoms with Gasteiger partial charge in [-0.15, -0.1) is 0 Å². The van der Waals surface area contributed by atoms with Crippen LogP contribution in [0, 0.1) is 0 Å². The second-order valence-corrected chi connectivity index (χ2v) is 8.49. The molecule has 0 radical (unpaired) electrons. The van der Waals surface area contributed by atoms with Crippen LogP contribution in [-0.2, 0) is 22.4 Å². The van der Waals surface area contributed by atoms with Crippen molar-refractivity contribution >= 4 is 46.2 Å². The van der Waals surface area contributed by atoms with Crippen molar-refractivity contribution in [1.29, 1.82) is 0 Å². The average molecular weight is 474 g/mol. The summed E-state index contributed by atoms with van der Waals surface area (Å²) in [6, 6.07) is 15.0. The number of aryl methyl sites for hydroxylation is 2. The van der Waals surface area contributed by atoms with Crippen LogP contribution in [0.3, 0.4) is 0 Å². The number of H-pyrrole nitrogens is 2.